The van der Waals surface area contributed by atoms with Crippen molar-refractivity contribution in [3.05, 3.63) is 111 Å². The monoisotopic (exact) mass is 607 g/mol. The van der Waals surface area contributed by atoms with Gasteiger partial charge in [0.15, 0.2) is 5.76 Å². The molecule has 10 heteroatoms. The van der Waals surface area contributed by atoms with Crippen molar-refractivity contribution in [3.8, 4) is 6.07 Å². The molecule has 4 atom stereocenters. The average molecular weight is 608 g/mol. The number of anilines is 1. The Hall–Kier alpha value is -4.72. The summed E-state index contributed by atoms with van der Waals surface area (Å²) in [6.45, 7) is 6.03. The van der Waals surface area contributed by atoms with Crippen LogP contribution in [-0.4, -0.2) is 59.7 Å². The molecule has 3 amide bonds. The summed E-state index contributed by atoms with van der Waals surface area (Å²) in [6.07, 6.45) is 0. The van der Waals surface area contributed by atoms with Gasteiger partial charge in [-0.25, -0.2) is 4.79 Å². The summed E-state index contributed by atoms with van der Waals surface area (Å²) in [5, 5.41) is 17.7. The number of rotatable bonds is 6. The molecule has 2 aromatic carbocycles. The van der Waals surface area contributed by atoms with E-state index in [1.165, 1.54) is 11.3 Å². The summed E-state index contributed by atoms with van der Waals surface area (Å²) in [5.74, 6) is -1.18. The summed E-state index contributed by atoms with van der Waals surface area (Å²) in [5.41, 5.74) is 2.64. The first-order chi connectivity index (χ1) is 21.4. The molecule has 2 aliphatic heterocycles. The van der Waals surface area contributed by atoms with Crippen molar-refractivity contribution >= 4 is 34.7 Å². The highest BCUT2D eigenvalue weighted by atomic mass is 32.1. The van der Waals surface area contributed by atoms with Crippen molar-refractivity contribution in [2.45, 2.75) is 31.8 Å². The lowest BCUT2D eigenvalue weighted by atomic mass is 9.78. The van der Waals surface area contributed by atoms with E-state index in [0.717, 1.165) is 10.4 Å². The molecule has 0 spiro atoms. The van der Waals surface area contributed by atoms with E-state index < -0.39 is 30.0 Å². The molecular weight excluding hydrogens is 574 g/mol. The van der Waals surface area contributed by atoms with Crippen molar-refractivity contribution in [3.63, 3.8) is 0 Å². The average Bonchev–Trinajstić information content (AvgIpc) is 3.77. The first-order valence-corrected chi connectivity index (χ1v) is 15.5. The Morgan fingerprint density at radius 2 is 1.70 bits per heavy atom. The molecule has 4 unspecified atom stereocenters. The van der Waals surface area contributed by atoms with Crippen LogP contribution in [0.5, 0.6) is 0 Å². The topological polar surface area (TPSA) is 119 Å². The van der Waals surface area contributed by atoms with Gasteiger partial charge in [-0.3, -0.25) is 9.59 Å². The number of nitrogens with one attached hydrogen (secondary N) is 2. The molecule has 0 radical (unpaired) electrons. The van der Waals surface area contributed by atoms with Crippen molar-refractivity contribution in [1.29, 1.82) is 5.26 Å². The van der Waals surface area contributed by atoms with Crippen LogP contribution in [0.25, 0.3) is 0 Å². The zero-order chi connectivity index (χ0) is 30.8. The normalized spacial score (nSPS) is 21.6. The fourth-order valence-electron chi connectivity index (χ4n) is 6.41. The smallest absolute Gasteiger partial charge is 0.323 e. The van der Waals surface area contributed by atoms with Crippen LogP contribution < -0.4 is 10.6 Å². The third kappa shape index (κ3) is 5.52. The van der Waals surface area contributed by atoms with E-state index in [-0.39, 0.29) is 17.5 Å². The summed E-state index contributed by atoms with van der Waals surface area (Å²) < 4.78 is 5.87. The number of benzene rings is 2. The second-order valence-electron chi connectivity index (χ2n) is 11.2. The van der Waals surface area contributed by atoms with Gasteiger partial charge in [0.25, 0.3) is 0 Å². The number of likely N-dealkylation sites (tertiary alicyclic amines) is 1. The molecule has 224 valence electrons. The van der Waals surface area contributed by atoms with E-state index in [1.807, 2.05) is 36.6 Å². The Morgan fingerprint density at radius 1 is 0.977 bits per heavy atom. The van der Waals surface area contributed by atoms with Gasteiger partial charge in [-0.15, -0.1) is 11.3 Å². The Morgan fingerprint density at radius 3 is 2.32 bits per heavy atom. The quantitative estimate of drug-likeness (QED) is 0.280. The number of para-hydroxylation sites is 1. The number of carbonyl (C=O) groups excluding carboxylic acids is 3. The molecule has 0 bridgehead atoms. The number of urea groups is 1. The largest absolute Gasteiger partial charge is 0.458 e. The third-order valence-electron chi connectivity index (χ3n) is 8.48. The summed E-state index contributed by atoms with van der Waals surface area (Å²) in [6, 6.07) is 21.2. The van der Waals surface area contributed by atoms with Crippen LogP contribution in [0, 0.1) is 31.1 Å². The van der Waals surface area contributed by atoms with Crippen LogP contribution in [0.15, 0.2) is 82.6 Å². The molecule has 2 fully saturated rings. The van der Waals surface area contributed by atoms with Gasteiger partial charge in [-0.05, 0) is 72.8 Å². The fourth-order valence-corrected chi connectivity index (χ4v) is 7.52. The van der Waals surface area contributed by atoms with E-state index in [1.54, 1.807) is 65.3 Å². The molecule has 4 aromatic rings. The van der Waals surface area contributed by atoms with Crippen LogP contribution >= 0.6 is 11.3 Å². The minimum Gasteiger partial charge on any atom is -0.458 e. The van der Waals surface area contributed by atoms with Crippen molar-refractivity contribution < 1.29 is 18.8 Å². The Labute approximate surface area is 260 Å². The molecule has 2 N–H and O–H groups in total. The second kappa shape index (κ2) is 12.5. The molecule has 2 aromatic heterocycles. The number of Topliss-reactive ketones (excluding diaryl/α,β-unsaturated/α-hetero) is 1. The minimum absolute atomic E-state index is 0.184. The lowest BCUT2D eigenvalue weighted by molar-refractivity contribution is -0.136. The zero-order valence-electron chi connectivity index (χ0n) is 24.5. The summed E-state index contributed by atoms with van der Waals surface area (Å²) >= 11 is 1.49. The zero-order valence-corrected chi connectivity index (χ0v) is 25.3. The Kier molecular flexibility index (Phi) is 8.33. The molecule has 2 aliphatic rings. The predicted octanol–water partition coefficient (Wildman–Crippen LogP) is 5.50. The maximum atomic E-state index is 14.7. The molecule has 9 nitrogen and oxygen atoms in total. The van der Waals surface area contributed by atoms with E-state index in [9.17, 15) is 19.6 Å². The van der Waals surface area contributed by atoms with E-state index in [2.05, 4.69) is 16.7 Å². The fraction of sp³-hybridized carbons (Fsp3) is 0.294. The number of ketones is 1. The maximum absolute atomic E-state index is 14.7. The SMILES string of the molecule is Cc1ccc(C(=O)C2C(c3sccc3C)C(C(=O)N3CCNCC3)N(C(=O)Nc3ccccc3)C2c2ccc(C#N)cc2)o1. The number of hydrogen-bond donors (Lipinski definition) is 2. The van der Waals surface area contributed by atoms with E-state index in [0.29, 0.717) is 48.8 Å². The highest BCUT2D eigenvalue weighted by Crippen LogP contribution is 2.53. The van der Waals surface area contributed by atoms with E-state index in [4.69, 9.17) is 4.42 Å². The molecule has 4 heterocycles. The van der Waals surface area contributed by atoms with Crippen LogP contribution in [0.2, 0.25) is 0 Å². The number of carbonyl (C=O) groups is 3. The standard InChI is InChI=1S/C34H33N5O4S/c1-21-14-19-44-32(21)28-27(31(40)26-13-8-22(2)43-26)29(24-11-9-23(20-35)10-12-24)39(34(42)37-25-6-4-3-5-7-25)30(28)33(41)38-17-15-36-16-18-38/h3-14,19,27-30,36H,15-18H2,1-2H3,(H,37,42). The number of hydrogen-bond acceptors (Lipinski definition) is 7. The number of aryl methyl sites for hydroxylation is 2. The summed E-state index contributed by atoms with van der Waals surface area (Å²) in [7, 11) is 0. The number of piperazine rings is 1. The van der Waals surface area contributed by atoms with E-state index >= 15 is 0 Å². The second-order valence-corrected chi connectivity index (χ2v) is 12.1. The molecular formula is C34H33N5O4S. The summed E-state index contributed by atoms with van der Waals surface area (Å²) in [4.78, 5) is 48.0. The maximum Gasteiger partial charge on any atom is 0.323 e. The van der Waals surface area contributed by atoms with Crippen LogP contribution in [0.4, 0.5) is 10.5 Å². The number of nitrogens with zero attached hydrogens (tertiary/aromatic N) is 3. The van der Waals surface area contributed by atoms with Crippen LogP contribution in [0.3, 0.4) is 0 Å². The van der Waals surface area contributed by atoms with Crippen LogP contribution in [-0.2, 0) is 4.79 Å². The number of nitriles is 1. The van der Waals surface area contributed by atoms with Gasteiger partial charge in [0.2, 0.25) is 11.7 Å². The minimum atomic E-state index is -0.972. The lowest BCUT2D eigenvalue weighted by Crippen LogP contribution is -2.55. The molecule has 44 heavy (non-hydrogen) atoms. The third-order valence-corrected chi connectivity index (χ3v) is 9.60. The number of amides is 3. The first-order valence-electron chi connectivity index (χ1n) is 14.7. The Balaban J connectivity index is 1.57. The molecule has 0 aliphatic carbocycles. The number of thiophene rings is 1. The van der Waals surface area contributed by atoms with Gasteiger partial charge in [-0.1, -0.05) is 30.3 Å². The van der Waals surface area contributed by atoms with Gasteiger partial charge in [0.1, 0.15) is 11.8 Å². The number of furan rings is 1. The van der Waals surface area contributed by atoms with Crippen LogP contribution in [0.1, 0.15) is 49.8 Å². The van der Waals surface area contributed by atoms with Gasteiger partial charge in [0.05, 0.1) is 23.6 Å². The molecule has 2 saturated heterocycles. The van der Waals surface area contributed by atoms with Gasteiger partial charge >= 0.3 is 6.03 Å². The lowest BCUT2D eigenvalue weighted by Gasteiger charge is -2.36. The van der Waals surface area contributed by atoms with Crippen molar-refractivity contribution in [1.82, 2.24) is 15.1 Å². The van der Waals surface area contributed by atoms with Gasteiger partial charge in [0, 0.05) is 42.7 Å². The highest BCUT2D eigenvalue weighted by molar-refractivity contribution is 7.10. The van der Waals surface area contributed by atoms with Crippen molar-refractivity contribution in [2.24, 2.45) is 5.92 Å². The molecule has 0 saturated carbocycles. The molecule has 6 rings (SSSR count). The first kappa shape index (κ1) is 29.4. The Bertz CT molecular complexity index is 1700. The highest BCUT2D eigenvalue weighted by Gasteiger charge is 2.59. The van der Waals surface area contributed by atoms with Gasteiger partial charge in [-0.2, -0.15) is 5.26 Å². The van der Waals surface area contributed by atoms with Crippen molar-refractivity contribution in [2.75, 3.05) is 31.5 Å². The van der Waals surface area contributed by atoms with Gasteiger partial charge < -0.3 is 24.9 Å². The predicted molar refractivity (Wildman–Crippen MR) is 167 cm³/mol.